The van der Waals surface area contributed by atoms with Crippen LogP contribution in [0.15, 0.2) is 42.5 Å². The summed E-state index contributed by atoms with van der Waals surface area (Å²) in [5.74, 6) is 0.724. The van der Waals surface area contributed by atoms with Gasteiger partial charge in [0, 0.05) is 11.6 Å². The lowest BCUT2D eigenvalue weighted by Crippen LogP contribution is -2.39. The van der Waals surface area contributed by atoms with E-state index >= 15 is 0 Å². The number of carbonyl (C=O) groups is 2. The van der Waals surface area contributed by atoms with E-state index < -0.39 is 0 Å². The van der Waals surface area contributed by atoms with Gasteiger partial charge in [0.1, 0.15) is 11.6 Å². The Morgan fingerprint density at radius 3 is 2.25 bits per heavy atom. The summed E-state index contributed by atoms with van der Waals surface area (Å²) in [6.45, 7) is 0.559. The van der Waals surface area contributed by atoms with Crippen LogP contribution in [0.4, 0.5) is 0 Å². The molecule has 7 nitrogen and oxygen atoms in total. The maximum Gasteiger partial charge on any atom is 0.308 e. The highest BCUT2D eigenvalue weighted by atomic mass is 16.5. The Bertz CT molecular complexity index is 1070. The molecule has 0 aromatic heterocycles. The van der Waals surface area contributed by atoms with E-state index in [0.717, 1.165) is 36.8 Å². The van der Waals surface area contributed by atoms with Crippen molar-refractivity contribution in [2.75, 3.05) is 13.7 Å². The summed E-state index contributed by atoms with van der Waals surface area (Å²) in [7, 11) is 1.55. The highest BCUT2D eigenvalue weighted by molar-refractivity contribution is 5.99. The molecule has 0 radical (unpaired) electrons. The number of carbonyl (C=O) groups excluding carboxylic acids is 2. The first-order chi connectivity index (χ1) is 17.4. The van der Waals surface area contributed by atoms with E-state index in [2.05, 4.69) is 5.32 Å². The molecule has 7 heteroatoms. The van der Waals surface area contributed by atoms with Gasteiger partial charge in [0.15, 0.2) is 0 Å². The number of nitrogen functional groups attached to an aromatic ring is 1. The van der Waals surface area contributed by atoms with Crippen LogP contribution in [0.3, 0.4) is 0 Å². The number of amidine groups is 1. The third kappa shape index (κ3) is 6.45. The molecular formula is C29H37N3O4. The fourth-order valence-electron chi connectivity index (χ4n) is 5.32. The number of nitrogens with two attached hydrogens (primary N) is 1. The minimum atomic E-state index is -0.183. The van der Waals surface area contributed by atoms with Crippen LogP contribution in [-0.2, 0) is 9.53 Å². The molecule has 0 spiro atoms. The molecule has 192 valence electrons. The van der Waals surface area contributed by atoms with Gasteiger partial charge in [-0.3, -0.25) is 15.0 Å². The van der Waals surface area contributed by atoms with Crippen LogP contribution in [0.5, 0.6) is 5.75 Å². The number of nitrogens with one attached hydrogen (secondary N) is 2. The molecule has 36 heavy (non-hydrogen) atoms. The first-order valence-corrected chi connectivity index (χ1v) is 13.0. The van der Waals surface area contributed by atoms with Gasteiger partial charge in [0.05, 0.1) is 25.2 Å². The van der Waals surface area contributed by atoms with Crippen LogP contribution in [0.25, 0.3) is 11.1 Å². The van der Waals surface area contributed by atoms with Gasteiger partial charge in [-0.25, -0.2) is 0 Å². The zero-order valence-corrected chi connectivity index (χ0v) is 21.1. The SMILES string of the molecule is COc1ccc(-c2ccc(C(=N)N)cc2)cc1C(=O)N[C@H]1CC[C@H](C(=O)OCC2CCCCC2)CC1. The minimum Gasteiger partial charge on any atom is -0.496 e. The molecule has 1 amide bonds. The van der Waals surface area contributed by atoms with Gasteiger partial charge in [-0.2, -0.15) is 0 Å². The van der Waals surface area contributed by atoms with Crippen molar-refractivity contribution in [2.45, 2.75) is 63.8 Å². The Hall–Kier alpha value is -3.35. The van der Waals surface area contributed by atoms with E-state index in [1.54, 1.807) is 25.3 Å². The average molecular weight is 492 g/mol. The molecule has 0 bridgehead atoms. The van der Waals surface area contributed by atoms with E-state index in [-0.39, 0.29) is 29.7 Å². The molecule has 2 aromatic rings. The topological polar surface area (TPSA) is 114 Å². The number of amides is 1. The van der Waals surface area contributed by atoms with Crippen molar-refractivity contribution in [2.24, 2.45) is 17.6 Å². The number of benzene rings is 2. The molecule has 2 aliphatic rings. The Morgan fingerprint density at radius 2 is 1.61 bits per heavy atom. The Kier molecular flexibility index (Phi) is 8.62. The fraction of sp³-hybridized carbons (Fsp3) is 0.483. The smallest absolute Gasteiger partial charge is 0.308 e. The van der Waals surface area contributed by atoms with Crippen molar-refractivity contribution in [1.29, 1.82) is 5.41 Å². The largest absolute Gasteiger partial charge is 0.496 e. The van der Waals surface area contributed by atoms with Crippen LogP contribution in [-0.4, -0.2) is 37.5 Å². The summed E-state index contributed by atoms with van der Waals surface area (Å²) < 4.78 is 11.1. The van der Waals surface area contributed by atoms with Gasteiger partial charge >= 0.3 is 5.97 Å². The second kappa shape index (κ2) is 12.1. The highest BCUT2D eigenvalue weighted by Gasteiger charge is 2.29. The zero-order valence-electron chi connectivity index (χ0n) is 21.1. The first-order valence-electron chi connectivity index (χ1n) is 13.0. The van der Waals surface area contributed by atoms with Crippen molar-refractivity contribution in [3.8, 4) is 16.9 Å². The van der Waals surface area contributed by atoms with Gasteiger partial charge in [-0.05, 0) is 67.7 Å². The Balaban J connectivity index is 1.33. The minimum absolute atomic E-state index is 0.0168. The van der Waals surface area contributed by atoms with Crippen molar-refractivity contribution >= 4 is 17.7 Å². The second-order valence-corrected chi connectivity index (χ2v) is 10.1. The number of hydrogen-bond donors (Lipinski definition) is 3. The normalized spacial score (nSPS) is 20.4. The third-order valence-corrected chi connectivity index (χ3v) is 7.56. The fourth-order valence-corrected chi connectivity index (χ4v) is 5.32. The lowest BCUT2D eigenvalue weighted by molar-refractivity contribution is -0.151. The summed E-state index contributed by atoms with van der Waals surface area (Å²) in [4.78, 5) is 25.7. The molecule has 2 aliphatic carbocycles. The van der Waals surface area contributed by atoms with Crippen LogP contribution in [0, 0.1) is 17.2 Å². The van der Waals surface area contributed by atoms with Crippen molar-refractivity contribution in [3.05, 3.63) is 53.6 Å². The van der Waals surface area contributed by atoms with Crippen LogP contribution >= 0.6 is 0 Å². The second-order valence-electron chi connectivity index (χ2n) is 10.1. The number of ether oxygens (including phenoxy) is 2. The molecule has 4 rings (SSSR count). The van der Waals surface area contributed by atoms with Crippen molar-refractivity contribution in [3.63, 3.8) is 0 Å². The van der Waals surface area contributed by atoms with Gasteiger partial charge in [0.25, 0.3) is 5.91 Å². The highest BCUT2D eigenvalue weighted by Crippen LogP contribution is 2.30. The van der Waals surface area contributed by atoms with E-state index in [1.165, 1.54) is 32.1 Å². The average Bonchev–Trinajstić information content (AvgIpc) is 2.92. The zero-order chi connectivity index (χ0) is 25.5. The number of rotatable bonds is 8. The molecule has 0 saturated heterocycles. The van der Waals surface area contributed by atoms with Gasteiger partial charge < -0.3 is 20.5 Å². The summed E-state index contributed by atoms with van der Waals surface area (Å²) >= 11 is 0. The van der Waals surface area contributed by atoms with Gasteiger partial charge in [-0.15, -0.1) is 0 Å². The number of esters is 1. The van der Waals surface area contributed by atoms with Crippen molar-refractivity contribution < 1.29 is 19.1 Å². The van der Waals surface area contributed by atoms with Crippen LogP contribution in [0.2, 0.25) is 0 Å². The summed E-state index contributed by atoms with van der Waals surface area (Å²) in [5.41, 5.74) is 8.47. The third-order valence-electron chi connectivity index (χ3n) is 7.56. The Morgan fingerprint density at radius 1 is 0.944 bits per heavy atom. The molecule has 0 unspecified atom stereocenters. The summed E-state index contributed by atoms with van der Waals surface area (Å²) in [5, 5.41) is 10.7. The number of hydrogen-bond acceptors (Lipinski definition) is 5. The molecule has 2 fully saturated rings. The standard InChI is InChI=1S/C29H37N3O4/c1-35-26-16-13-23(20-7-9-21(10-8-20)27(30)31)17-25(26)28(33)32-24-14-11-22(12-15-24)29(34)36-18-19-5-3-2-4-6-19/h7-10,13,16-17,19,22,24H,2-6,11-12,14-15,18H2,1H3,(H3,30,31)(H,32,33)/t22-,24-. The van der Waals surface area contributed by atoms with Gasteiger partial charge in [-0.1, -0.05) is 49.6 Å². The molecule has 0 heterocycles. The Labute approximate surface area is 213 Å². The maximum absolute atomic E-state index is 13.2. The molecule has 0 aliphatic heterocycles. The molecular weight excluding hydrogens is 454 g/mol. The van der Waals surface area contributed by atoms with E-state index in [9.17, 15) is 9.59 Å². The molecule has 2 aromatic carbocycles. The molecule has 4 N–H and O–H groups in total. The first kappa shape index (κ1) is 25.7. The summed E-state index contributed by atoms with van der Waals surface area (Å²) in [6.07, 6.45) is 9.08. The molecule has 0 atom stereocenters. The van der Waals surface area contributed by atoms with E-state index in [1.807, 2.05) is 24.3 Å². The van der Waals surface area contributed by atoms with E-state index in [0.29, 0.717) is 29.4 Å². The quantitative estimate of drug-likeness (QED) is 0.271. The van der Waals surface area contributed by atoms with Gasteiger partial charge in [0.2, 0.25) is 0 Å². The predicted molar refractivity (Wildman–Crippen MR) is 140 cm³/mol. The lowest BCUT2D eigenvalue weighted by Gasteiger charge is -2.29. The number of methoxy groups -OCH3 is 1. The van der Waals surface area contributed by atoms with Crippen molar-refractivity contribution in [1.82, 2.24) is 5.32 Å². The maximum atomic E-state index is 13.2. The summed E-state index contributed by atoms with van der Waals surface area (Å²) in [6, 6.07) is 12.9. The van der Waals surface area contributed by atoms with Crippen LogP contribution in [0.1, 0.15) is 73.7 Å². The monoisotopic (exact) mass is 491 g/mol. The van der Waals surface area contributed by atoms with Crippen LogP contribution < -0.4 is 15.8 Å². The lowest BCUT2D eigenvalue weighted by atomic mass is 9.85. The van der Waals surface area contributed by atoms with E-state index in [4.69, 9.17) is 20.6 Å². The predicted octanol–water partition coefficient (Wildman–Crippen LogP) is 5.06. The molecule has 2 saturated carbocycles.